The lowest BCUT2D eigenvalue weighted by atomic mass is 9.74. The van der Waals surface area contributed by atoms with Crippen molar-refractivity contribution in [1.29, 1.82) is 0 Å². The summed E-state index contributed by atoms with van der Waals surface area (Å²) in [4.78, 5) is 11.3. The summed E-state index contributed by atoms with van der Waals surface area (Å²) in [5.41, 5.74) is -2.18. The van der Waals surface area contributed by atoms with Crippen LogP contribution in [0.15, 0.2) is 24.3 Å². The first-order valence-corrected chi connectivity index (χ1v) is 6.45. The minimum absolute atomic E-state index is 0.00383. The largest absolute Gasteiger partial charge is 0.496 e. The number of nitrogens with one attached hydrogen (secondary N) is 1. The lowest BCUT2D eigenvalue weighted by Crippen LogP contribution is -2.51. The van der Waals surface area contributed by atoms with E-state index in [9.17, 15) is 23.1 Å². The monoisotopic (exact) mass is 303 g/mol. The van der Waals surface area contributed by atoms with Gasteiger partial charge in [0.2, 0.25) is 0 Å². The molecule has 7 heteroatoms. The van der Waals surface area contributed by atoms with E-state index in [0.29, 0.717) is 11.3 Å². The summed E-state index contributed by atoms with van der Waals surface area (Å²) < 4.78 is 45.2. The average Bonchev–Trinajstić information content (AvgIpc) is 2.83. The summed E-state index contributed by atoms with van der Waals surface area (Å²) in [5, 5.41) is 11.8. The van der Waals surface area contributed by atoms with Gasteiger partial charge in [-0.3, -0.25) is 4.79 Å². The normalized spacial score (nSPS) is 25.8. The van der Waals surface area contributed by atoms with Crippen LogP contribution in [0.1, 0.15) is 5.56 Å². The predicted molar refractivity (Wildman–Crippen MR) is 69.2 cm³/mol. The van der Waals surface area contributed by atoms with Crippen LogP contribution in [0.3, 0.4) is 0 Å². The topological polar surface area (TPSA) is 58.6 Å². The Morgan fingerprint density at radius 3 is 2.71 bits per heavy atom. The molecule has 0 amide bonds. The fraction of sp³-hybridized carbons (Fsp3) is 0.500. The Kier molecular flexibility index (Phi) is 4.13. The number of carboxylic acid groups (broad SMARTS) is 1. The molecule has 21 heavy (non-hydrogen) atoms. The third-order valence-electron chi connectivity index (χ3n) is 4.04. The van der Waals surface area contributed by atoms with Crippen molar-refractivity contribution in [3.63, 3.8) is 0 Å². The fourth-order valence-electron chi connectivity index (χ4n) is 2.85. The number of carboxylic acids is 1. The summed E-state index contributed by atoms with van der Waals surface area (Å²) in [7, 11) is 1.43. The number of carbonyl (C=O) groups is 1. The number of alkyl halides is 3. The zero-order chi connectivity index (χ0) is 15.7. The number of ether oxygens (including phenoxy) is 1. The molecule has 0 saturated carbocycles. The van der Waals surface area contributed by atoms with Gasteiger partial charge in [0, 0.05) is 12.5 Å². The molecule has 0 aromatic heterocycles. The molecule has 1 aliphatic heterocycles. The van der Waals surface area contributed by atoms with Gasteiger partial charge in [0.15, 0.2) is 5.41 Å². The van der Waals surface area contributed by atoms with Gasteiger partial charge in [0.1, 0.15) is 5.75 Å². The summed E-state index contributed by atoms with van der Waals surface area (Å²) in [5.74, 6) is -2.45. The third kappa shape index (κ3) is 2.57. The first-order chi connectivity index (χ1) is 9.83. The molecule has 0 bridgehead atoms. The van der Waals surface area contributed by atoms with Crippen LogP contribution in [0, 0.1) is 11.3 Å². The van der Waals surface area contributed by atoms with Crippen molar-refractivity contribution < 1.29 is 27.8 Å². The van der Waals surface area contributed by atoms with Gasteiger partial charge in [0.25, 0.3) is 0 Å². The van der Waals surface area contributed by atoms with Crippen LogP contribution < -0.4 is 10.1 Å². The minimum atomic E-state index is -4.81. The number of rotatable bonds is 4. The van der Waals surface area contributed by atoms with Gasteiger partial charge in [0.05, 0.1) is 7.11 Å². The van der Waals surface area contributed by atoms with E-state index in [0.717, 1.165) is 0 Å². The molecule has 1 heterocycles. The van der Waals surface area contributed by atoms with Gasteiger partial charge in [-0.25, -0.2) is 0 Å². The Morgan fingerprint density at radius 1 is 1.48 bits per heavy atom. The molecule has 0 radical (unpaired) electrons. The van der Waals surface area contributed by atoms with Crippen LogP contribution in [0.2, 0.25) is 0 Å². The zero-order valence-corrected chi connectivity index (χ0v) is 11.4. The number of methoxy groups -OCH3 is 1. The molecule has 1 saturated heterocycles. The number of halogens is 3. The SMILES string of the molecule is COc1ccccc1C[C@H]1CNC[C@@]1(C(=O)O)C(F)(F)F. The summed E-state index contributed by atoms with van der Waals surface area (Å²) in [6.07, 6.45) is -4.82. The highest BCUT2D eigenvalue weighted by molar-refractivity contribution is 5.77. The second-order valence-electron chi connectivity index (χ2n) is 5.12. The van der Waals surface area contributed by atoms with Gasteiger partial charge in [-0.2, -0.15) is 13.2 Å². The molecule has 4 nitrogen and oxygen atoms in total. The van der Waals surface area contributed by atoms with Crippen molar-refractivity contribution in [2.45, 2.75) is 12.6 Å². The Balaban J connectivity index is 2.36. The van der Waals surface area contributed by atoms with Crippen LogP contribution in [0.4, 0.5) is 13.2 Å². The molecule has 0 spiro atoms. The minimum Gasteiger partial charge on any atom is -0.496 e. The first kappa shape index (κ1) is 15.6. The number of aliphatic carboxylic acids is 1. The van der Waals surface area contributed by atoms with E-state index in [1.54, 1.807) is 24.3 Å². The highest BCUT2D eigenvalue weighted by Crippen LogP contribution is 2.48. The molecule has 2 atom stereocenters. The van der Waals surface area contributed by atoms with E-state index >= 15 is 0 Å². The van der Waals surface area contributed by atoms with Crippen molar-refractivity contribution in [1.82, 2.24) is 5.32 Å². The van der Waals surface area contributed by atoms with E-state index in [1.807, 2.05) is 0 Å². The van der Waals surface area contributed by atoms with Crippen LogP contribution in [-0.2, 0) is 11.2 Å². The van der Waals surface area contributed by atoms with E-state index in [1.165, 1.54) is 7.11 Å². The molecule has 0 unspecified atom stereocenters. The average molecular weight is 303 g/mol. The molecule has 1 aromatic rings. The van der Waals surface area contributed by atoms with Crippen LogP contribution in [0.5, 0.6) is 5.75 Å². The Hall–Kier alpha value is -1.76. The molecule has 1 fully saturated rings. The zero-order valence-electron chi connectivity index (χ0n) is 11.4. The highest BCUT2D eigenvalue weighted by Gasteiger charge is 2.66. The molecule has 2 N–H and O–H groups in total. The van der Waals surface area contributed by atoms with Crippen molar-refractivity contribution in [3.05, 3.63) is 29.8 Å². The van der Waals surface area contributed by atoms with Gasteiger partial charge in [-0.05, 0) is 24.6 Å². The van der Waals surface area contributed by atoms with Crippen LogP contribution in [-0.4, -0.2) is 37.5 Å². The molecule has 116 valence electrons. The van der Waals surface area contributed by atoms with E-state index < -0.39 is 30.0 Å². The maximum Gasteiger partial charge on any atom is 0.406 e. The van der Waals surface area contributed by atoms with E-state index in [-0.39, 0.29) is 13.0 Å². The standard InChI is InChI=1S/C14H16F3NO3/c1-21-11-5-3-2-4-9(11)6-10-7-18-8-13(10,12(19)20)14(15,16)17/h2-5,10,18H,6-8H2,1H3,(H,19,20)/t10-,13+/m0/s1. The lowest BCUT2D eigenvalue weighted by molar-refractivity contribution is -0.236. The Morgan fingerprint density at radius 2 is 2.14 bits per heavy atom. The van der Waals surface area contributed by atoms with E-state index in [4.69, 9.17) is 4.74 Å². The second kappa shape index (κ2) is 5.55. The number of hydrogen-bond acceptors (Lipinski definition) is 3. The van der Waals surface area contributed by atoms with Gasteiger partial charge < -0.3 is 15.2 Å². The molecule has 1 aromatic carbocycles. The van der Waals surface area contributed by atoms with Crippen molar-refractivity contribution in [2.75, 3.05) is 20.2 Å². The van der Waals surface area contributed by atoms with E-state index in [2.05, 4.69) is 5.32 Å². The van der Waals surface area contributed by atoms with Gasteiger partial charge in [-0.15, -0.1) is 0 Å². The quantitative estimate of drug-likeness (QED) is 0.894. The predicted octanol–water partition coefficient (Wildman–Crippen LogP) is 2.09. The lowest BCUT2D eigenvalue weighted by Gasteiger charge is -2.32. The highest BCUT2D eigenvalue weighted by atomic mass is 19.4. The van der Waals surface area contributed by atoms with Gasteiger partial charge in [-0.1, -0.05) is 18.2 Å². The van der Waals surface area contributed by atoms with Crippen LogP contribution in [0.25, 0.3) is 0 Å². The Bertz CT molecular complexity index is 532. The third-order valence-corrected chi connectivity index (χ3v) is 4.04. The maximum absolute atomic E-state index is 13.3. The smallest absolute Gasteiger partial charge is 0.406 e. The van der Waals surface area contributed by atoms with Gasteiger partial charge >= 0.3 is 12.1 Å². The van der Waals surface area contributed by atoms with Crippen molar-refractivity contribution in [3.8, 4) is 5.75 Å². The van der Waals surface area contributed by atoms with Crippen molar-refractivity contribution in [2.24, 2.45) is 11.3 Å². The maximum atomic E-state index is 13.3. The first-order valence-electron chi connectivity index (χ1n) is 6.45. The van der Waals surface area contributed by atoms with Crippen LogP contribution >= 0.6 is 0 Å². The summed E-state index contributed by atoms with van der Waals surface area (Å²) in [6.45, 7) is -0.602. The number of para-hydroxylation sites is 1. The molecular formula is C14H16F3NO3. The molecular weight excluding hydrogens is 287 g/mol. The Labute approximate surface area is 119 Å². The molecule has 2 rings (SSSR count). The number of benzene rings is 1. The van der Waals surface area contributed by atoms with Crippen molar-refractivity contribution >= 4 is 5.97 Å². The molecule has 1 aliphatic rings. The number of hydrogen-bond donors (Lipinski definition) is 2. The second-order valence-corrected chi connectivity index (χ2v) is 5.12. The summed E-state index contributed by atoms with van der Waals surface area (Å²) >= 11 is 0. The fourth-order valence-corrected chi connectivity index (χ4v) is 2.85. The summed E-state index contributed by atoms with van der Waals surface area (Å²) in [6, 6.07) is 6.70. The molecule has 0 aliphatic carbocycles.